The van der Waals surface area contributed by atoms with Gasteiger partial charge in [0.25, 0.3) is 0 Å². The third-order valence-electron chi connectivity index (χ3n) is 4.59. The summed E-state index contributed by atoms with van der Waals surface area (Å²) in [5.41, 5.74) is 0. The molecule has 174 valence electrons. The molecule has 1 N–H and O–H groups in total. The number of hydrogen-bond donors (Lipinski definition) is 1. The van der Waals surface area contributed by atoms with Crippen LogP contribution in [-0.2, 0) is 4.79 Å². The molecule has 3 heteroatoms. The van der Waals surface area contributed by atoms with E-state index in [1.165, 1.54) is 0 Å². The average molecular weight is 427 g/mol. The minimum atomic E-state index is 0.283. The van der Waals surface area contributed by atoms with Crippen LogP contribution in [0.25, 0.3) is 0 Å². The molecule has 1 heterocycles. The predicted octanol–water partition coefficient (Wildman–Crippen LogP) is 6.92. The van der Waals surface area contributed by atoms with E-state index in [1.807, 2.05) is 18.7 Å². The van der Waals surface area contributed by atoms with Crippen LogP contribution < -0.4 is 5.32 Å². The molecular weight excluding hydrogens is 380 g/mol. The lowest BCUT2D eigenvalue weighted by molar-refractivity contribution is -0.131. The van der Waals surface area contributed by atoms with Gasteiger partial charge >= 0.3 is 0 Å². The van der Waals surface area contributed by atoms with Crippen molar-refractivity contribution in [3.63, 3.8) is 0 Å². The summed E-state index contributed by atoms with van der Waals surface area (Å²) >= 11 is 0. The normalized spacial score (nSPS) is 15.3. The number of piperazine rings is 1. The Morgan fingerprint density at radius 2 is 1.06 bits per heavy atom. The summed E-state index contributed by atoms with van der Waals surface area (Å²) in [4.78, 5) is 14.0. The van der Waals surface area contributed by atoms with Crippen LogP contribution in [0.2, 0.25) is 0 Å². The van der Waals surface area contributed by atoms with E-state index >= 15 is 0 Å². The lowest BCUT2D eigenvalue weighted by Gasteiger charge is -2.27. The molecule has 0 aliphatic carbocycles. The fourth-order valence-corrected chi connectivity index (χ4v) is 2.92. The highest BCUT2D eigenvalue weighted by atomic mass is 16.2. The molecule has 0 unspecified atom stereocenters. The minimum absolute atomic E-state index is 0.283. The summed E-state index contributed by atoms with van der Waals surface area (Å²) in [7, 11) is 0. The first-order valence-electron chi connectivity index (χ1n) is 12.2. The molecule has 1 aliphatic rings. The third kappa shape index (κ3) is 19.6. The van der Waals surface area contributed by atoms with Gasteiger partial charge in [-0.3, -0.25) is 4.79 Å². The maximum Gasteiger partial charge on any atom is 0.222 e. The Balaban J connectivity index is 0.00000436. The van der Waals surface area contributed by atoms with Gasteiger partial charge in [0.15, 0.2) is 0 Å². The molecule has 1 aliphatic heterocycles. The average Bonchev–Trinajstić information content (AvgIpc) is 2.82. The molecule has 0 aromatic carbocycles. The van der Waals surface area contributed by atoms with Gasteiger partial charge in [-0.2, -0.15) is 0 Å². The fourth-order valence-electron chi connectivity index (χ4n) is 2.92. The number of hydrogen-bond acceptors (Lipinski definition) is 2. The van der Waals surface area contributed by atoms with Gasteiger partial charge in [-0.05, 0) is 44.9 Å². The summed E-state index contributed by atoms with van der Waals surface area (Å²) in [6.07, 6.45) is 33.9. The lowest BCUT2D eigenvalue weighted by atomic mass is 10.2. The van der Waals surface area contributed by atoms with Crippen molar-refractivity contribution < 1.29 is 4.79 Å². The molecular formula is C28H46N2O. The predicted molar refractivity (Wildman–Crippen MR) is 138 cm³/mol. The quantitative estimate of drug-likeness (QED) is 0.306. The first kappa shape index (κ1) is 28.9. The number of amides is 1. The van der Waals surface area contributed by atoms with E-state index in [9.17, 15) is 4.79 Å². The van der Waals surface area contributed by atoms with Gasteiger partial charge in [-0.1, -0.05) is 93.7 Å². The summed E-state index contributed by atoms with van der Waals surface area (Å²) < 4.78 is 0. The summed E-state index contributed by atoms with van der Waals surface area (Å²) in [6.45, 7) is 9.70. The van der Waals surface area contributed by atoms with Crippen LogP contribution in [0, 0.1) is 0 Å². The molecule has 0 aromatic heterocycles. The van der Waals surface area contributed by atoms with Crippen molar-refractivity contribution in [1.29, 1.82) is 0 Å². The molecule has 1 amide bonds. The van der Waals surface area contributed by atoms with Crippen LogP contribution in [0.1, 0.15) is 72.1 Å². The Morgan fingerprint density at radius 3 is 1.48 bits per heavy atom. The minimum Gasteiger partial charge on any atom is -0.340 e. The summed E-state index contributed by atoms with van der Waals surface area (Å²) in [5.74, 6) is 0.283. The zero-order valence-electron chi connectivity index (χ0n) is 20.3. The molecule has 0 radical (unpaired) electrons. The van der Waals surface area contributed by atoms with E-state index in [4.69, 9.17) is 0 Å². The smallest absolute Gasteiger partial charge is 0.222 e. The molecule has 0 bridgehead atoms. The Bertz CT molecular complexity index is 576. The summed E-state index contributed by atoms with van der Waals surface area (Å²) in [6, 6.07) is 0. The highest BCUT2D eigenvalue weighted by Crippen LogP contribution is 2.02. The second kappa shape index (κ2) is 24.1. The third-order valence-corrected chi connectivity index (χ3v) is 4.59. The molecule has 0 spiro atoms. The number of rotatable bonds is 14. The molecule has 3 nitrogen and oxygen atoms in total. The number of carbonyl (C=O) groups excluding carboxylic acids is 1. The Labute approximate surface area is 192 Å². The van der Waals surface area contributed by atoms with Gasteiger partial charge in [0, 0.05) is 32.6 Å². The zero-order valence-corrected chi connectivity index (χ0v) is 20.3. The van der Waals surface area contributed by atoms with E-state index in [2.05, 4.69) is 85.2 Å². The van der Waals surface area contributed by atoms with Crippen molar-refractivity contribution in [3.8, 4) is 0 Å². The largest absolute Gasteiger partial charge is 0.340 e. The van der Waals surface area contributed by atoms with Crippen molar-refractivity contribution in [2.75, 3.05) is 26.2 Å². The fraction of sp³-hybridized carbons (Fsp3) is 0.536. The number of carbonyl (C=O) groups is 1. The van der Waals surface area contributed by atoms with Gasteiger partial charge in [-0.25, -0.2) is 0 Å². The molecule has 0 saturated carbocycles. The van der Waals surface area contributed by atoms with Crippen molar-refractivity contribution in [2.24, 2.45) is 0 Å². The van der Waals surface area contributed by atoms with E-state index < -0.39 is 0 Å². The van der Waals surface area contributed by atoms with E-state index in [-0.39, 0.29) is 5.91 Å². The van der Waals surface area contributed by atoms with E-state index in [0.717, 1.165) is 71.1 Å². The van der Waals surface area contributed by atoms with E-state index in [0.29, 0.717) is 6.42 Å². The topological polar surface area (TPSA) is 32.3 Å². The van der Waals surface area contributed by atoms with Crippen LogP contribution in [0.15, 0.2) is 72.9 Å². The van der Waals surface area contributed by atoms with Gasteiger partial charge in [0.05, 0.1) is 0 Å². The summed E-state index contributed by atoms with van der Waals surface area (Å²) in [5, 5.41) is 3.27. The maximum absolute atomic E-state index is 12.0. The molecule has 0 atom stereocenters. The molecule has 1 saturated heterocycles. The van der Waals surface area contributed by atoms with Crippen LogP contribution in [0.3, 0.4) is 0 Å². The highest BCUT2D eigenvalue weighted by Gasteiger charge is 2.14. The first-order valence-corrected chi connectivity index (χ1v) is 12.2. The van der Waals surface area contributed by atoms with Gasteiger partial charge < -0.3 is 10.2 Å². The van der Waals surface area contributed by atoms with Gasteiger partial charge in [-0.15, -0.1) is 0 Å². The maximum atomic E-state index is 12.0. The first-order chi connectivity index (χ1) is 15.3. The SMILES string of the molecule is CC.CC/C=C\C/C=C\C/C=C\C/C=C\C/C=C\C/C=C\CCC(=O)N1CCNCC1. The molecule has 1 rings (SSSR count). The van der Waals surface area contributed by atoms with Crippen molar-refractivity contribution in [2.45, 2.75) is 72.1 Å². The van der Waals surface area contributed by atoms with Gasteiger partial charge in [0.1, 0.15) is 0 Å². The van der Waals surface area contributed by atoms with Crippen LogP contribution in [0.5, 0.6) is 0 Å². The van der Waals surface area contributed by atoms with Crippen LogP contribution in [-0.4, -0.2) is 37.0 Å². The van der Waals surface area contributed by atoms with Crippen LogP contribution >= 0.6 is 0 Å². The zero-order chi connectivity index (χ0) is 22.8. The van der Waals surface area contributed by atoms with Crippen molar-refractivity contribution in [3.05, 3.63) is 72.9 Å². The standard InChI is InChI=1S/C26H40N2O.C2H6/c1-2-3-4-5-6-7-8-9-10-11-12-13-14-15-16-17-18-19-20-21-26(29)28-24-22-27-23-25-28;1-2/h3-4,6-7,9-10,12-13,15-16,18-19,27H,2,5,8,11,14,17,20-25H2,1H3;1-2H3/b4-3-,7-6-,10-9-,13-12-,16-15-,19-18-;. The molecule has 31 heavy (non-hydrogen) atoms. The Hall–Kier alpha value is -2.13. The van der Waals surface area contributed by atoms with E-state index in [1.54, 1.807) is 0 Å². The van der Waals surface area contributed by atoms with Gasteiger partial charge in [0.2, 0.25) is 5.91 Å². The highest BCUT2D eigenvalue weighted by molar-refractivity contribution is 5.76. The Morgan fingerprint density at radius 1 is 0.677 bits per heavy atom. The van der Waals surface area contributed by atoms with Crippen LogP contribution in [0.4, 0.5) is 0 Å². The molecule has 0 aromatic rings. The Kier molecular flexibility index (Phi) is 22.5. The monoisotopic (exact) mass is 426 g/mol. The number of allylic oxidation sites excluding steroid dienone is 12. The lowest BCUT2D eigenvalue weighted by Crippen LogP contribution is -2.46. The molecule has 1 fully saturated rings. The van der Waals surface area contributed by atoms with Crippen molar-refractivity contribution in [1.82, 2.24) is 10.2 Å². The number of nitrogens with zero attached hydrogens (tertiary/aromatic N) is 1. The number of nitrogens with one attached hydrogen (secondary N) is 1. The van der Waals surface area contributed by atoms with Crippen molar-refractivity contribution >= 4 is 5.91 Å². The second-order valence-electron chi connectivity index (χ2n) is 7.08. The second-order valence-corrected chi connectivity index (χ2v) is 7.08.